The highest BCUT2D eigenvalue weighted by Gasteiger charge is 2.33. The fraction of sp³-hybridized carbons (Fsp3) is 0.190. The first-order chi connectivity index (χ1) is 14.4. The first kappa shape index (κ1) is 21.0. The van der Waals surface area contributed by atoms with Crippen LogP contribution in [-0.4, -0.2) is 17.1 Å². The van der Waals surface area contributed by atoms with Gasteiger partial charge in [0.05, 0.1) is 32.9 Å². The van der Waals surface area contributed by atoms with Crippen LogP contribution in [-0.2, 0) is 9.53 Å². The zero-order valence-electron chi connectivity index (χ0n) is 16.0. The second kappa shape index (κ2) is 8.49. The molecule has 0 fully saturated rings. The number of esters is 1. The normalized spacial score (nSPS) is 16.4. The molecule has 0 amide bonds. The van der Waals surface area contributed by atoms with Crippen molar-refractivity contribution in [3.63, 3.8) is 0 Å². The Balaban J connectivity index is 1.95. The lowest BCUT2D eigenvalue weighted by molar-refractivity contribution is -0.139. The molecule has 0 saturated heterocycles. The zero-order chi connectivity index (χ0) is 21.4. The van der Waals surface area contributed by atoms with Gasteiger partial charge in [-0.15, -0.1) is 0 Å². The van der Waals surface area contributed by atoms with Crippen molar-refractivity contribution in [1.82, 2.24) is 4.57 Å². The molecule has 1 aliphatic rings. The van der Waals surface area contributed by atoms with Gasteiger partial charge in [-0.25, -0.2) is 9.79 Å². The van der Waals surface area contributed by atoms with E-state index in [9.17, 15) is 9.59 Å². The smallest absolute Gasteiger partial charge is 0.338 e. The molecule has 30 heavy (non-hydrogen) atoms. The van der Waals surface area contributed by atoms with Gasteiger partial charge in [0.25, 0.3) is 5.56 Å². The quantitative estimate of drug-likeness (QED) is 0.461. The maximum Gasteiger partial charge on any atom is 0.338 e. The molecule has 2 aromatic heterocycles. The number of carbonyl (C=O) groups excluding carboxylic acids is 1. The van der Waals surface area contributed by atoms with E-state index in [2.05, 4.69) is 36.9 Å². The molecule has 9 heteroatoms. The molecule has 0 unspecified atom stereocenters. The Bertz CT molecular complexity index is 1320. The van der Waals surface area contributed by atoms with Gasteiger partial charge in [0.15, 0.2) is 9.47 Å². The van der Waals surface area contributed by atoms with Gasteiger partial charge >= 0.3 is 5.97 Å². The van der Waals surface area contributed by atoms with E-state index in [-0.39, 0.29) is 12.2 Å². The van der Waals surface area contributed by atoms with Crippen LogP contribution in [0.25, 0.3) is 6.08 Å². The maximum atomic E-state index is 13.4. The van der Waals surface area contributed by atoms with Crippen LogP contribution in [0.5, 0.6) is 0 Å². The van der Waals surface area contributed by atoms with Crippen LogP contribution < -0.4 is 14.9 Å². The highest BCUT2D eigenvalue weighted by atomic mass is 79.9. The summed E-state index contributed by atoms with van der Waals surface area (Å²) in [5.74, 6) is 0.0531. The summed E-state index contributed by atoms with van der Waals surface area (Å²) in [6, 6.07) is 10.6. The molecule has 0 saturated carbocycles. The van der Waals surface area contributed by atoms with Crippen LogP contribution in [0.4, 0.5) is 0 Å². The van der Waals surface area contributed by atoms with Crippen molar-refractivity contribution in [3.05, 3.63) is 87.8 Å². The van der Waals surface area contributed by atoms with Crippen LogP contribution in [0.1, 0.15) is 31.2 Å². The number of fused-ring (bicyclic) bond motifs is 1. The van der Waals surface area contributed by atoms with E-state index in [1.54, 1.807) is 30.6 Å². The lowest BCUT2D eigenvalue weighted by atomic mass is 9.96. The number of furan rings is 1. The SMILES string of the molecule is CCOC(=O)C1=C(C)N=c2s/c(=C/c3cc(Br)c(Br)o3)c(=O)n2[C@H]1c1ccccc1. The lowest BCUT2D eigenvalue weighted by Gasteiger charge is -2.24. The van der Waals surface area contributed by atoms with E-state index < -0.39 is 12.0 Å². The highest BCUT2D eigenvalue weighted by Crippen LogP contribution is 2.30. The number of aromatic nitrogens is 1. The molecule has 0 N–H and O–H groups in total. The third-order valence-electron chi connectivity index (χ3n) is 4.57. The predicted molar refractivity (Wildman–Crippen MR) is 121 cm³/mol. The summed E-state index contributed by atoms with van der Waals surface area (Å²) in [5.41, 5.74) is 1.47. The predicted octanol–water partition coefficient (Wildman–Crippen LogP) is 3.92. The first-order valence-electron chi connectivity index (χ1n) is 9.10. The molecule has 1 aliphatic heterocycles. The van der Waals surface area contributed by atoms with Crippen LogP contribution in [0.3, 0.4) is 0 Å². The summed E-state index contributed by atoms with van der Waals surface area (Å²) in [7, 11) is 0. The second-order valence-corrected chi connectivity index (χ2v) is 9.07. The van der Waals surface area contributed by atoms with E-state index in [0.29, 0.717) is 31.0 Å². The Hall–Kier alpha value is -2.23. The van der Waals surface area contributed by atoms with Crippen molar-refractivity contribution in [1.29, 1.82) is 0 Å². The number of carbonyl (C=O) groups is 1. The Morgan fingerprint density at radius 3 is 2.70 bits per heavy atom. The topological polar surface area (TPSA) is 73.8 Å². The average Bonchev–Trinajstić information content (AvgIpc) is 3.19. The summed E-state index contributed by atoms with van der Waals surface area (Å²) >= 11 is 7.93. The lowest BCUT2D eigenvalue weighted by Crippen LogP contribution is -2.39. The summed E-state index contributed by atoms with van der Waals surface area (Å²) < 4.78 is 14.2. The largest absolute Gasteiger partial charge is 0.463 e. The fourth-order valence-corrected chi connectivity index (χ4v) is 4.94. The van der Waals surface area contributed by atoms with Gasteiger partial charge < -0.3 is 9.15 Å². The summed E-state index contributed by atoms with van der Waals surface area (Å²) in [6.07, 6.45) is 1.67. The van der Waals surface area contributed by atoms with Gasteiger partial charge in [-0.3, -0.25) is 9.36 Å². The number of halogens is 2. The minimum absolute atomic E-state index is 0.240. The molecule has 0 spiro atoms. The molecule has 3 heterocycles. The van der Waals surface area contributed by atoms with E-state index in [1.165, 1.54) is 11.3 Å². The van der Waals surface area contributed by atoms with Gasteiger partial charge in [-0.2, -0.15) is 0 Å². The van der Waals surface area contributed by atoms with E-state index >= 15 is 0 Å². The van der Waals surface area contributed by atoms with Crippen molar-refractivity contribution < 1.29 is 13.9 Å². The molecule has 1 aromatic carbocycles. The molecule has 1 atom stereocenters. The Morgan fingerprint density at radius 2 is 2.07 bits per heavy atom. The van der Waals surface area contributed by atoms with Crippen LogP contribution in [0.2, 0.25) is 0 Å². The monoisotopic (exact) mass is 550 g/mol. The number of hydrogen-bond donors (Lipinski definition) is 0. The Kier molecular flexibility index (Phi) is 5.95. The summed E-state index contributed by atoms with van der Waals surface area (Å²) in [4.78, 5) is 31.2. The van der Waals surface area contributed by atoms with Gasteiger partial charge in [0.2, 0.25) is 0 Å². The fourth-order valence-electron chi connectivity index (χ4n) is 3.31. The molecule has 0 bridgehead atoms. The molecule has 0 radical (unpaired) electrons. The minimum Gasteiger partial charge on any atom is -0.463 e. The van der Waals surface area contributed by atoms with Gasteiger partial charge in [-0.05, 0) is 57.3 Å². The van der Waals surface area contributed by atoms with Crippen molar-refractivity contribution in [2.45, 2.75) is 19.9 Å². The van der Waals surface area contributed by atoms with Gasteiger partial charge in [0, 0.05) is 6.08 Å². The highest BCUT2D eigenvalue weighted by molar-refractivity contribution is 9.13. The van der Waals surface area contributed by atoms with E-state index in [0.717, 1.165) is 10.0 Å². The molecule has 0 aliphatic carbocycles. The van der Waals surface area contributed by atoms with Crippen LogP contribution >= 0.6 is 43.2 Å². The Labute approximate surface area is 192 Å². The van der Waals surface area contributed by atoms with Crippen molar-refractivity contribution >= 4 is 55.2 Å². The summed E-state index contributed by atoms with van der Waals surface area (Å²) in [5, 5.41) is 0. The molecule has 4 rings (SSSR count). The molecular weight excluding hydrogens is 536 g/mol. The molecular formula is C21H16Br2N2O4S. The first-order valence-corrected chi connectivity index (χ1v) is 11.5. The number of ether oxygens (including phenoxy) is 1. The number of thiazole rings is 1. The maximum absolute atomic E-state index is 13.4. The molecule has 154 valence electrons. The Morgan fingerprint density at radius 1 is 1.33 bits per heavy atom. The van der Waals surface area contributed by atoms with Crippen molar-refractivity contribution in [2.24, 2.45) is 4.99 Å². The van der Waals surface area contributed by atoms with E-state index in [4.69, 9.17) is 9.15 Å². The second-order valence-electron chi connectivity index (χ2n) is 6.48. The van der Waals surface area contributed by atoms with Crippen LogP contribution in [0, 0.1) is 0 Å². The number of benzene rings is 1. The summed E-state index contributed by atoms with van der Waals surface area (Å²) in [6.45, 7) is 3.75. The minimum atomic E-state index is -0.612. The van der Waals surface area contributed by atoms with Crippen LogP contribution in [0.15, 0.2) is 71.0 Å². The standard InChI is InChI=1S/C21H16Br2N2O4S/c1-3-28-20(27)16-11(2)24-21-25(17(16)12-7-5-4-6-8-12)19(26)15(30-21)10-13-9-14(22)18(23)29-13/h4-10,17H,3H2,1-2H3/b15-10+/t17-/m0/s1. The van der Waals surface area contributed by atoms with Crippen molar-refractivity contribution in [2.75, 3.05) is 6.61 Å². The van der Waals surface area contributed by atoms with Crippen molar-refractivity contribution in [3.8, 4) is 0 Å². The number of rotatable bonds is 4. The number of nitrogens with zero attached hydrogens (tertiary/aromatic N) is 2. The van der Waals surface area contributed by atoms with Gasteiger partial charge in [-0.1, -0.05) is 41.7 Å². The number of hydrogen-bond acceptors (Lipinski definition) is 6. The zero-order valence-corrected chi connectivity index (χ0v) is 20.0. The average molecular weight is 552 g/mol. The molecule has 6 nitrogen and oxygen atoms in total. The third-order valence-corrected chi connectivity index (χ3v) is 7.26. The van der Waals surface area contributed by atoms with Gasteiger partial charge in [0.1, 0.15) is 5.76 Å². The number of allylic oxidation sites excluding steroid dienone is 1. The van der Waals surface area contributed by atoms with E-state index in [1.807, 2.05) is 30.3 Å². The molecule has 3 aromatic rings. The third kappa shape index (κ3) is 3.77.